The number of amides is 2. The minimum absolute atomic E-state index is 0.198. The monoisotopic (exact) mass is 466 g/mol. The molecule has 0 saturated heterocycles. The van der Waals surface area contributed by atoms with Crippen LogP contribution >= 0.6 is 23.2 Å². The van der Waals surface area contributed by atoms with Crippen LogP contribution in [0.2, 0.25) is 10.0 Å². The molecule has 0 aromatic heterocycles. The maximum Gasteiger partial charge on any atom is 0.261 e. The Morgan fingerprint density at radius 2 is 1.74 bits per heavy atom. The number of hydrogen-bond acceptors (Lipinski definition) is 4. The minimum Gasteiger partial charge on any atom is -0.497 e. The van der Waals surface area contributed by atoms with Gasteiger partial charge in [-0.15, -0.1) is 0 Å². The lowest BCUT2D eigenvalue weighted by atomic mass is 10.1. The number of carbonyl (C=O) groups excluding carboxylic acids is 2. The Balaban J connectivity index is 2.12. The zero-order valence-corrected chi connectivity index (χ0v) is 19.5. The number of unbranched alkanes of at least 4 members (excludes halogenated alkanes) is 1. The molecule has 0 unspecified atom stereocenters. The van der Waals surface area contributed by atoms with Gasteiger partial charge in [0.05, 0.1) is 17.2 Å². The number of halogens is 2. The fourth-order valence-corrected chi connectivity index (χ4v) is 3.17. The molecule has 0 aliphatic carbocycles. The van der Waals surface area contributed by atoms with E-state index in [1.807, 2.05) is 6.92 Å². The molecule has 0 aliphatic heterocycles. The molecule has 168 valence electrons. The zero-order chi connectivity index (χ0) is 22.8. The molecule has 2 rings (SSSR count). The molecule has 2 amide bonds. The Bertz CT molecular complexity index is 874. The van der Waals surface area contributed by atoms with Gasteiger partial charge in [-0.3, -0.25) is 9.59 Å². The summed E-state index contributed by atoms with van der Waals surface area (Å²) in [6, 6.07) is 11.4. The molecule has 6 nitrogen and oxygen atoms in total. The summed E-state index contributed by atoms with van der Waals surface area (Å²) < 4.78 is 10.8. The maximum absolute atomic E-state index is 13.0. The molecule has 0 heterocycles. The van der Waals surface area contributed by atoms with Crippen LogP contribution in [-0.2, 0) is 16.1 Å². The summed E-state index contributed by atoms with van der Waals surface area (Å²) in [7, 11) is 1.58. The quantitative estimate of drug-likeness (QED) is 0.486. The van der Waals surface area contributed by atoms with E-state index in [9.17, 15) is 9.59 Å². The Kier molecular flexibility index (Phi) is 9.95. The highest BCUT2D eigenvalue weighted by Gasteiger charge is 2.26. The van der Waals surface area contributed by atoms with Gasteiger partial charge in [0, 0.05) is 13.1 Å². The van der Waals surface area contributed by atoms with Crippen molar-refractivity contribution in [3.8, 4) is 11.5 Å². The van der Waals surface area contributed by atoms with Gasteiger partial charge in [0.15, 0.2) is 6.61 Å². The lowest BCUT2D eigenvalue weighted by Gasteiger charge is -2.29. The second-order valence-electron chi connectivity index (χ2n) is 7.05. The van der Waals surface area contributed by atoms with Gasteiger partial charge in [-0.05, 0) is 55.3 Å². The first-order valence-corrected chi connectivity index (χ1v) is 10.9. The van der Waals surface area contributed by atoms with Crippen LogP contribution < -0.4 is 14.8 Å². The molecule has 0 aliphatic rings. The maximum atomic E-state index is 13.0. The second-order valence-corrected chi connectivity index (χ2v) is 7.87. The SMILES string of the molecule is CCCCNC(=O)[C@@H](C)N(Cc1ccc(Cl)c(Cl)c1)C(=O)COc1ccc(OC)cc1. The van der Waals surface area contributed by atoms with Gasteiger partial charge >= 0.3 is 0 Å². The average molecular weight is 467 g/mol. The summed E-state index contributed by atoms with van der Waals surface area (Å²) in [5.74, 6) is 0.687. The summed E-state index contributed by atoms with van der Waals surface area (Å²) in [6.45, 7) is 4.30. The summed E-state index contributed by atoms with van der Waals surface area (Å²) >= 11 is 12.1. The van der Waals surface area contributed by atoms with E-state index in [0.717, 1.165) is 18.4 Å². The molecular formula is C23H28Cl2N2O4. The van der Waals surface area contributed by atoms with Crippen LogP contribution in [0.1, 0.15) is 32.3 Å². The third-order valence-corrected chi connectivity index (χ3v) is 5.49. The van der Waals surface area contributed by atoms with Crippen LogP contribution in [0.25, 0.3) is 0 Å². The number of benzene rings is 2. The molecule has 1 atom stereocenters. The number of nitrogens with zero attached hydrogens (tertiary/aromatic N) is 1. The van der Waals surface area contributed by atoms with Crippen molar-refractivity contribution in [2.45, 2.75) is 39.3 Å². The predicted molar refractivity (Wildman–Crippen MR) is 123 cm³/mol. The fourth-order valence-electron chi connectivity index (χ4n) is 2.85. The van der Waals surface area contributed by atoms with Crippen molar-refractivity contribution in [1.29, 1.82) is 0 Å². The van der Waals surface area contributed by atoms with Crippen molar-refractivity contribution in [1.82, 2.24) is 10.2 Å². The number of rotatable bonds is 11. The Hall–Kier alpha value is -2.44. The van der Waals surface area contributed by atoms with E-state index in [-0.39, 0.29) is 25.0 Å². The zero-order valence-electron chi connectivity index (χ0n) is 18.0. The molecule has 0 radical (unpaired) electrons. The second kappa shape index (κ2) is 12.4. The van der Waals surface area contributed by atoms with E-state index in [4.69, 9.17) is 32.7 Å². The van der Waals surface area contributed by atoms with Crippen molar-refractivity contribution in [2.24, 2.45) is 0 Å². The third-order valence-electron chi connectivity index (χ3n) is 4.76. The summed E-state index contributed by atoms with van der Waals surface area (Å²) in [4.78, 5) is 27.1. The van der Waals surface area contributed by atoms with Crippen molar-refractivity contribution in [3.05, 3.63) is 58.1 Å². The van der Waals surface area contributed by atoms with Crippen LogP contribution in [0, 0.1) is 0 Å². The highest BCUT2D eigenvalue weighted by atomic mass is 35.5. The number of carbonyl (C=O) groups is 2. The Morgan fingerprint density at radius 3 is 2.35 bits per heavy atom. The molecule has 2 aromatic carbocycles. The van der Waals surface area contributed by atoms with Gasteiger partial charge in [0.25, 0.3) is 5.91 Å². The van der Waals surface area contributed by atoms with Gasteiger partial charge in [0.2, 0.25) is 5.91 Å². The molecule has 8 heteroatoms. The summed E-state index contributed by atoms with van der Waals surface area (Å²) in [6.07, 6.45) is 1.84. The van der Waals surface area contributed by atoms with E-state index in [2.05, 4.69) is 5.32 Å². The smallest absolute Gasteiger partial charge is 0.261 e. The minimum atomic E-state index is -0.682. The number of nitrogens with one attached hydrogen (secondary N) is 1. The van der Waals surface area contributed by atoms with Crippen molar-refractivity contribution in [2.75, 3.05) is 20.3 Å². The lowest BCUT2D eigenvalue weighted by molar-refractivity contribution is -0.142. The molecule has 0 fully saturated rings. The van der Waals surface area contributed by atoms with Crippen LogP contribution in [0.4, 0.5) is 0 Å². The van der Waals surface area contributed by atoms with Gasteiger partial charge in [0.1, 0.15) is 17.5 Å². The van der Waals surface area contributed by atoms with Crippen molar-refractivity contribution >= 4 is 35.0 Å². The van der Waals surface area contributed by atoms with Gasteiger partial charge in [-0.25, -0.2) is 0 Å². The average Bonchev–Trinajstić information content (AvgIpc) is 2.78. The Labute approximate surface area is 193 Å². The van der Waals surface area contributed by atoms with Crippen LogP contribution in [0.3, 0.4) is 0 Å². The standard InChI is InChI=1S/C23H28Cl2N2O4/c1-4-5-12-26-23(29)16(2)27(14-17-6-11-20(24)21(25)13-17)22(28)15-31-19-9-7-18(30-3)8-10-19/h6-11,13,16H,4-5,12,14-15H2,1-3H3,(H,26,29)/t16-/m1/s1. The molecule has 0 spiro atoms. The molecule has 2 aromatic rings. The van der Waals surface area contributed by atoms with Gasteiger partial charge in [-0.1, -0.05) is 42.6 Å². The van der Waals surface area contributed by atoms with Gasteiger partial charge in [-0.2, -0.15) is 0 Å². The van der Waals surface area contributed by atoms with E-state index < -0.39 is 6.04 Å². The normalized spacial score (nSPS) is 11.5. The predicted octanol–water partition coefficient (Wildman–Crippen LogP) is 4.71. The fraction of sp³-hybridized carbons (Fsp3) is 0.391. The first-order chi connectivity index (χ1) is 14.8. The van der Waals surface area contributed by atoms with E-state index in [0.29, 0.717) is 28.1 Å². The molecule has 0 saturated carbocycles. The first kappa shape index (κ1) is 24.8. The topological polar surface area (TPSA) is 67.9 Å². The number of methoxy groups -OCH3 is 1. The largest absolute Gasteiger partial charge is 0.497 e. The number of ether oxygens (including phenoxy) is 2. The van der Waals surface area contributed by atoms with E-state index >= 15 is 0 Å². The van der Waals surface area contributed by atoms with E-state index in [1.165, 1.54) is 4.90 Å². The van der Waals surface area contributed by atoms with Crippen LogP contribution in [0.5, 0.6) is 11.5 Å². The summed E-state index contributed by atoms with van der Waals surface area (Å²) in [5.41, 5.74) is 0.764. The van der Waals surface area contributed by atoms with Crippen molar-refractivity contribution in [3.63, 3.8) is 0 Å². The molecular weight excluding hydrogens is 439 g/mol. The first-order valence-electron chi connectivity index (χ1n) is 10.1. The third kappa shape index (κ3) is 7.64. The lowest BCUT2D eigenvalue weighted by Crippen LogP contribution is -2.49. The van der Waals surface area contributed by atoms with Crippen molar-refractivity contribution < 1.29 is 19.1 Å². The van der Waals surface area contributed by atoms with Crippen LogP contribution in [-0.4, -0.2) is 43.0 Å². The number of hydrogen-bond donors (Lipinski definition) is 1. The Morgan fingerprint density at radius 1 is 1.06 bits per heavy atom. The van der Waals surface area contributed by atoms with E-state index in [1.54, 1.807) is 56.5 Å². The van der Waals surface area contributed by atoms with Gasteiger partial charge < -0.3 is 19.7 Å². The molecule has 1 N–H and O–H groups in total. The molecule has 31 heavy (non-hydrogen) atoms. The molecule has 0 bridgehead atoms. The highest BCUT2D eigenvalue weighted by molar-refractivity contribution is 6.42. The summed E-state index contributed by atoms with van der Waals surface area (Å²) in [5, 5.41) is 3.69. The highest BCUT2D eigenvalue weighted by Crippen LogP contribution is 2.24. The van der Waals surface area contributed by atoms with Crippen LogP contribution in [0.15, 0.2) is 42.5 Å².